The summed E-state index contributed by atoms with van der Waals surface area (Å²) in [5.41, 5.74) is 0. The van der Waals surface area contributed by atoms with Gasteiger partial charge in [0.2, 0.25) is 0 Å². The molecule has 1 heterocycles. The fraction of sp³-hybridized carbons (Fsp3) is 0.375. The molecule has 0 fully saturated rings. The standard InChI is InChI=1S/C8H11NO6S2/c1-14-4-5-15-9-17(12,13)7-3-2-6(16-7)8(10)11/h2-3,9H,4-5H2,1H3,(H,10,11). The number of thiophene rings is 1. The van der Waals surface area contributed by atoms with E-state index in [1.807, 2.05) is 4.89 Å². The molecular formula is C8H11NO6S2. The highest BCUT2D eigenvalue weighted by Gasteiger charge is 2.18. The van der Waals surface area contributed by atoms with Crippen LogP contribution in [0.4, 0.5) is 0 Å². The summed E-state index contributed by atoms with van der Waals surface area (Å²) in [4.78, 5) is 17.1. The van der Waals surface area contributed by atoms with E-state index in [9.17, 15) is 13.2 Å². The number of sulfonamides is 1. The molecule has 9 heteroatoms. The molecule has 0 aromatic carbocycles. The molecule has 0 bridgehead atoms. The molecule has 0 atom stereocenters. The van der Waals surface area contributed by atoms with E-state index in [-0.39, 0.29) is 22.3 Å². The quantitative estimate of drug-likeness (QED) is 0.550. The predicted molar refractivity (Wildman–Crippen MR) is 59.4 cm³/mol. The summed E-state index contributed by atoms with van der Waals surface area (Å²) in [7, 11) is -2.37. The van der Waals surface area contributed by atoms with E-state index in [0.717, 1.165) is 0 Å². The van der Waals surface area contributed by atoms with Gasteiger partial charge >= 0.3 is 5.97 Å². The average molecular weight is 281 g/mol. The zero-order chi connectivity index (χ0) is 12.9. The minimum Gasteiger partial charge on any atom is -0.477 e. The Kier molecular flexibility index (Phi) is 5.02. The van der Waals surface area contributed by atoms with E-state index in [1.54, 1.807) is 0 Å². The molecule has 1 aromatic heterocycles. The second kappa shape index (κ2) is 6.07. The van der Waals surface area contributed by atoms with Crippen LogP contribution in [0.1, 0.15) is 9.67 Å². The van der Waals surface area contributed by atoms with E-state index in [1.165, 1.54) is 19.2 Å². The van der Waals surface area contributed by atoms with Gasteiger partial charge in [0.05, 0.1) is 13.2 Å². The molecule has 0 spiro atoms. The van der Waals surface area contributed by atoms with Gasteiger partial charge in [-0.25, -0.2) is 13.2 Å². The van der Waals surface area contributed by atoms with Crippen molar-refractivity contribution in [3.63, 3.8) is 0 Å². The molecule has 17 heavy (non-hydrogen) atoms. The lowest BCUT2D eigenvalue weighted by Crippen LogP contribution is -2.25. The summed E-state index contributed by atoms with van der Waals surface area (Å²) in [6.07, 6.45) is 0. The van der Waals surface area contributed by atoms with Gasteiger partial charge in [-0.3, -0.25) is 4.84 Å². The number of hydrogen-bond acceptors (Lipinski definition) is 6. The van der Waals surface area contributed by atoms with Crippen LogP contribution in [0.3, 0.4) is 0 Å². The number of carbonyl (C=O) groups is 1. The Morgan fingerprint density at radius 1 is 1.47 bits per heavy atom. The molecule has 1 rings (SSSR count). The van der Waals surface area contributed by atoms with Crippen LogP contribution in [-0.4, -0.2) is 39.8 Å². The number of aromatic carboxylic acids is 1. The Bertz CT molecular complexity index is 480. The Morgan fingerprint density at radius 3 is 2.71 bits per heavy atom. The van der Waals surface area contributed by atoms with Crippen molar-refractivity contribution in [3.8, 4) is 0 Å². The van der Waals surface area contributed by atoms with Crippen LogP contribution < -0.4 is 4.89 Å². The van der Waals surface area contributed by atoms with Gasteiger partial charge < -0.3 is 9.84 Å². The molecular weight excluding hydrogens is 270 g/mol. The Labute approximate surface area is 102 Å². The van der Waals surface area contributed by atoms with Gasteiger partial charge in [0, 0.05) is 7.11 Å². The highest BCUT2D eigenvalue weighted by molar-refractivity contribution is 7.91. The highest BCUT2D eigenvalue weighted by atomic mass is 32.2. The molecule has 0 unspecified atom stereocenters. The van der Waals surface area contributed by atoms with Crippen molar-refractivity contribution < 1.29 is 27.9 Å². The molecule has 96 valence electrons. The molecule has 0 radical (unpaired) electrons. The van der Waals surface area contributed by atoms with E-state index in [0.29, 0.717) is 11.3 Å². The maximum atomic E-state index is 11.6. The number of ether oxygens (including phenoxy) is 1. The zero-order valence-corrected chi connectivity index (χ0v) is 10.5. The first-order chi connectivity index (χ1) is 7.97. The van der Waals surface area contributed by atoms with Crippen molar-refractivity contribution in [3.05, 3.63) is 17.0 Å². The minimum atomic E-state index is -3.83. The molecule has 0 amide bonds. The smallest absolute Gasteiger partial charge is 0.345 e. The topological polar surface area (TPSA) is 102 Å². The van der Waals surface area contributed by atoms with E-state index >= 15 is 0 Å². The molecule has 0 saturated carbocycles. The van der Waals surface area contributed by atoms with Crippen LogP contribution in [0.25, 0.3) is 0 Å². The third-order valence-electron chi connectivity index (χ3n) is 1.62. The highest BCUT2D eigenvalue weighted by Crippen LogP contribution is 2.21. The Hall–Kier alpha value is -1.00. The first-order valence-corrected chi connectivity index (χ1v) is 6.73. The van der Waals surface area contributed by atoms with Crippen molar-refractivity contribution in [2.75, 3.05) is 20.3 Å². The van der Waals surface area contributed by atoms with Gasteiger partial charge in [0.25, 0.3) is 10.0 Å². The average Bonchev–Trinajstić information content (AvgIpc) is 2.74. The SMILES string of the molecule is COCCONS(=O)(=O)c1ccc(C(=O)O)s1. The van der Waals surface area contributed by atoms with Crippen LogP contribution >= 0.6 is 11.3 Å². The van der Waals surface area contributed by atoms with Crippen molar-refractivity contribution in [2.24, 2.45) is 0 Å². The molecule has 0 aliphatic heterocycles. The molecule has 7 nitrogen and oxygen atoms in total. The first-order valence-electron chi connectivity index (χ1n) is 4.43. The third kappa shape index (κ3) is 4.06. The van der Waals surface area contributed by atoms with Crippen LogP contribution in [-0.2, 0) is 19.6 Å². The zero-order valence-electron chi connectivity index (χ0n) is 8.87. The maximum Gasteiger partial charge on any atom is 0.345 e. The van der Waals surface area contributed by atoms with Crippen molar-refractivity contribution in [1.29, 1.82) is 0 Å². The van der Waals surface area contributed by atoms with Crippen molar-refractivity contribution in [2.45, 2.75) is 4.21 Å². The number of methoxy groups -OCH3 is 1. The normalized spacial score (nSPS) is 11.6. The van der Waals surface area contributed by atoms with Gasteiger partial charge in [-0.15, -0.1) is 11.3 Å². The van der Waals surface area contributed by atoms with Crippen LogP contribution in [0, 0.1) is 0 Å². The predicted octanol–water partition coefficient (Wildman–Crippen LogP) is 0.303. The van der Waals surface area contributed by atoms with Gasteiger partial charge in [0.15, 0.2) is 0 Å². The van der Waals surface area contributed by atoms with E-state index in [2.05, 4.69) is 9.57 Å². The minimum absolute atomic E-state index is 0.0535. The number of carboxylic acid groups (broad SMARTS) is 1. The van der Waals surface area contributed by atoms with E-state index < -0.39 is 16.0 Å². The van der Waals surface area contributed by atoms with E-state index in [4.69, 9.17) is 5.11 Å². The van der Waals surface area contributed by atoms with Crippen LogP contribution in [0.15, 0.2) is 16.3 Å². The lowest BCUT2D eigenvalue weighted by Gasteiger charge is -2.04. The Morgan fingerprint density at radius 2 is 2.18 bits per heavy atom. The first kappa shape index (κ1) is 14.1. The Balaban J connectivity index is 2.66. The summed E-state index contributed by atoms with van der Waals surface area (Å²) in [5.74, 6) is -1.17. The third-order valence-corrected chi connectivity index (χ3v) is 4.39. The summed E-state index contributed by atoms with van der Waals surface area (Å²) in [6, 6.07) is 2.42. The molecule has 0 aliphatic rings. The van der Waals surface area contributed by atoms with Gasteiger partial charge in [0.1, 0.15) is 9.09 Å². The molecule has 0 aliphatic carbocycles. The van der Waals surface area contributed by atoms with Crippen molar-refractivity contribution in [1.82, 2.24) is 4.89 Å². The number of carboxylic acids is 1. The summed E-state index contributed by atoms with van der Waals surface area (Å²) in [6.45, 7) is 0.306. The van der Waals surface area contributed by atoms with Crippen LogP contribution in [0.5, 0.6) is 0 Å². The van der Waals surface area contributed by atoms with Gasteiger partial charge in [-0.2, -0.15) is 0 Å². The fourth-order valence-corrected chi connectivity index (χ4v) is 2.82. The van der Waals surface area contributed by atoms with Crippen LogP contribution in [0.2, 0.25) is 0 Å². The summed E-state index contributed by atoms with van der Waals surface area (Å²) >= 11 is 0.650. The largest absolute Gasteiger partial charge is 0.477 e. The second-order valence-electron chi connectivity index (χ2n) is 2.85. The maximum absolute atomic E-state index is 11.6. The lowest BCUT2D eigenvalue weighted by molar-refractivity contribution is 0.0439. The van der Waals surface area contributed by atoms with Gasteiger partial charge in [-0.1, -0.05) is 4.89 Å². The monoisotopic (exact) mass is 281 g/mol. The number of nitrogens with one attached hydrogen (secondary N) is 1. The number of rotatable bonds is 7. The summed E-state index contributed by atoms with van der Waals surface area (Å²) in [5, 5.41) is 8.66. The molecule has 0 saturated heterocycles. The fourth-order valence-electron chi connectivity index (χ4n) is 0.865. The molecule has 1 aromatic rings. The number of hydrogen-bond donors (Lipinski definition) is 2. The summed E-state index contributed by atoms with van der Waals surface area (Å²) < 4.78 is 27.7. The van der Waals surface area contributed by atoms with Crippen molar-refractivity contribution >= 4 is 27.3 Å². The second-order valence-corrected chi connectivity index (χ2v) is 5.81. The molecule has 2 N–H and O–H groups in total. The van der Waals surface area contributed by atoms with Gasteiger partial charge in [-0.05, 0) is 12.1 Å². The lowest BCUT2D eigenvalue weighted by atomic mass is 10.5.